The molecule has 2 aliphatic heterocycles. The van der Waals surface area contributed by atoms with Crippen LogP contribution in [0.15, 0.2) is 24.3 Å². The summed E-state index contributed by atoms with van der Waals surface area (Å²) in [6, 6.07) is 8.97. The van der Waals surface area contributed by atoms with Gasteiger partial charge in [-0.2, -0.15) is 0 Å². The Morgan fingerprint density at radius 2 is 1.85 bits per heavy atom. The van der Waals surface area contributed by atoms with Crippen molar-refractivity contribution in [3.8, 4) is 5.75 Å². The lowest BCUT2D eigenvalue weighted by molar-refractivity contribution is -0.150. The number of likely N-dealkylation sites (tertiary alicyclic amines) is 2. The van der Waals surface area contributed by atoms with Gasteiger partial charge in [0.05, 0.1) is 12.2 Å². The minimum absolute atomic E-state index is 0.239. The number of carbonyl (C=O) groups excluding carboxylic acids is 1. The minimum Gasteiger partial charge on any atom is -0.493 e. The van der Waals surface area contributed by atoms with Crippen molar-refractivity contribution in [1.29, 1.82) is 0 Å². The average Bonchev–Trinajstić information content (AvgIpc) is 3.35. The summed E-state index contributed by atoms with van der Waals surface area (Å²) in [6.45, 7) is 7.87. The largest absolute Gasteiger partial charge is 0.493 e. The Morgan fingerprint density at radius 3 is 2.52 bits per heavy atom. The molecule has 0 radical (unpaired) electrons. The first kappa shape index (κ1) is 23.1. The second-order valence-electron chi connectivity index (χ2n) is 11.8. The Balaban J connectivity index is 1.11. The molecular formula is C27H39FN2O3. The third-order valence-electron chi connectivity index (χ3n) is 8.46. The minimum atomic E-state index is -1.52. The predicted molar refractivity (Wildman–Crippen MR) is 126 cm³/mol. The maximum Gasteiger partial charge on any atom is 0.260 e. The van der Waals surface area contributed by atoms with Gasteiger partial charge < -0.3 is 19.6 Å². The van der Waals surface area contributed by atoms with E-state index in [1.807, 2.05) is 19.9 Å². The molecule has 1 spiro atoms. The second-order valence-corrected chi connectivity index (χ2v) is 11.8. The molecular weight excluding hydrogens is 419 g/mol. The first-order valence-corrected chi connectivity index (χ1v) is 12.8. The number of benzene rings is 1. The topological polar surface area (TPSA) is 53.0 Å². The van der Waals surface area contributed by atoms with Crippen molar-refractivity contribution < 1.29 is 19.0 Å². The molecule has 1 amide bonds. The summed E-state index contributed by atoms with van der Waals surface area (Å²) < 4.78 is 20.2. The van der Waals surface area contributed by atoms with Crippen molar-refractivity contribution in [2.24, 2.45) is 5.41 Å². The smallest absolute Gasteiger partial charge is 0.260 e. The van der Waals surface area contributed by atoms with E-state index >= 15 is 0 Å². The van der Waals surface area contributed by atoms with Crippen LogP contribution in [0.5, 0.6) is 5.75 Å². The maximum atomic E-state index is 14.1. The number of carbonyl (C=O) groups is 1. The zero-order chi connectivity index (χ0) is 23.3. The summed E-state index contributed by atoms with van der Waals surface area (Å²) >= 11 is 0. The van der Waals surface area contributed by atoms with E-state index in [2.05, 4.69) is 23.1 Å². The van der Waals surface area contributed by atoms with Crippen LogP contribution in [0.3, 0.4) is 0 Å². The molecule has 33 heavy (non-hydrogen) atoms. The summed E-state index contributed by atoms with van der Waals surface area (Å²) in [5.74, 6) is 1.22. The molecule has 2 saturated carbocycles. The SMILES string of the molecule is CC(C)(O)CCOc1ccccc1C1CCN([C@@H]2CCC3(C2)CN(C(=O)C2(F)CC2)C3)CC1. The molecule has 1 aromatic rings. The van der Waals surface area contributed by atoms with Gasteiger partial charge in [0.2, 0.25) is 0 Å². The average molecular weight is 459 g/mol. The van der Waals surface area contributed by atoms with Crippen molar-refractivity contribution in [2.45, 2.75) is 88.4 Å². The lowest BCUT2D eigenvalue weighted by Crippen LogP contribution is -2.60. The molecule has 1 aromatic carbocycles. The molecule has 0 unspecified atom stereocenters. The molecule has 0 aromatic heterocycles. The number of nitrogens with zero attached hydrogens (tertiary/aromatic N) is 2. The monoisotopic (exact) mass is 458 g/mol. The lowest BCUT2D eigenvalue weighted by atomic mass is 9.77. The Bertz CT molecular complexity index is 864. The fraction of sp³-hybridized carbons (Fsp3) is 0.741. The van der Waals surface area contributed by atoms with Gasteiger partial charge in [-0.05, 0) is 89.4 Å². The molecule has 4 fully saturated rings. The van der Waals surface area contributed by atoms with E-state index in [1.165, 1.54) is 18.4 Å². The summed E-state index contributed by atoms with van der Waals surface area (Å²) in [4.78, 5) is 16.7. The predicted octanol–water partition coefficient (Wildman–Crippen LogP) is 4.29. The van der Waals surface area contributed by atoms with Gasteiger partial charge in [-0.15, -0.1) is 0 Å². The number of aliphatic hydroxyl groups is 1. The van der Waals surface area contributed by atoms with E-state index in [1.54, 1.807) is 4.90 Å². The fourth-order valence-electron chi connectivity index (χ4n) is 6.23. The first-order valence-electron chi connectivity index (χ1n) is 12.8. The second kappa shape index (κ2) is 8.53. The van der Waals surface area contributed by atoms with Crippen LogP contribution in [-0.2, 0) is 4.79 Å². The summed E-state index contributed by atoms with van der Waals surface area (Å²) in [5.41, 5.74) is -0.697. The summed E-state index contributed by atoms with van der Waals surface area (Å²) in [7, 11) is 0. The molecule has 1 atom stereocenters. The molecule has 5 rings (SSSR count). The highest BCUT2D eigenvalue weighted by Crippen LogP contribution is 2.51. The van der Waals surface area contributed by atoms with E-state index in [-0.39, 0.29) is 11.3 Å². The molecule has 2 aliphatic carbocycles. The normalized spacial score (nSPS) is 26.9. The highest BCUT2D eigenvalue weighted by atomic mass is 19.1. The number of amides is 1. The number of piperidine rings is 1. The van der Waals surface area contributed by atoms with Crippen molar-refractivity contribution >= 4 is 5.91 Å². The van der Waals surface area contributed by atoms with Crippen LogP contribution >= 0.6 is 0 Å². The lowest BCUT2D eigenvalue weighted by Gasteiger charge is -2.49. The number of alkyl halides is 1. The van der Waals surface area contributed by atoms with Crippen LogP contribution in [0.25, 0.3) is 0 Å². The molecule has 1 N–H and O–H groups in total. The molecule has 182 valence electrons. The third kappa shape index (κ3) is 4.93. The fourth-order valence-corrected chi connectivity index (χ4v) is 6.23. The molecule has 2 saturated heterocycles. The number of hydrogen-bond donors (Lipinski definition) is 1. The van der Waals surface area contributed by atoms with E-state index in [4.69, 9.17) is 4.74 Å². The maximum absolute atomic E-state index is 14.1. The number of para-hydroxylation sites is 1. The highest BCUT2D eigenvalue weighted by Gasteiger charge is 2.58. The third-order valence-corrected chi connectivity index (χ3v) is 8.46. The van der Waals surface area contributed by atoms with Gasteiger partial charge in [-0.1, -0.05) is 18.2 Å². The van der Waals surface area contributed by atoms with Gasteiger partial charge in [-0.3, -0.25) is 4.79 Å². The van der Waals surface area contributed by atoms with Gasteiger partial charge in [0.15, 0.2) is 5.67 Å². The Hall–Kier alpha value is -1.66. The van der Waals surface area contributed by atoms with Crippen LogP contribution < -0.4 is 4.74 Å². The quantitative estimate of drug-likeness (QED) is 0.662. The standard InChI is InChI=1S/C27H39FN2O3/c1-25(2,32)13-16-33-23-6-4-3-5-22(23)20-8-14-29(15-9-20)21-7-10-26(17-21)18-30(19-26)24(31)27(28)11-12-27/h3-6,20-21,32H,7-19H2,1-2H3/t21-/m1/s1. The Kier molecular flexibility index (Phi) is 5.97. The number of ether oxygens (including phenoxy) is 1. The summed E-state index contributed by atoms with van der Waals surface area (Å²) in [5, 5.41) is 9.96. The van der Waals surface area contributed by atoms with E-state index in [0.717, 1.165) is 51.2 Å². The van der Waals surface area contributed by atoms with Crippen LogP contribution in [-0.4, -0.2) is 70.9 Å². The zero-order valence-corrected chi connectivity index (χ0v) is 20.2. The zero-order valence-electron chi connectivity index (χ0n) is 20.2. The van der Waals surface area contributed by atoms with Gasteiger partial charge in [0.25, 0.3) is 5.91 Å². The number of rotatable bonds is 7. The molecule has 5 nitrogen and oxygen atoms in total. The van der Waals surface area contributed by atoms with E-state index < -0.39 is 11.3 Å². The number of halogens is 1. The van der Waals surface area contributed by atoms with E-state index in [0.29, 0.717) is 37.8 Å². The van der Waals surface area contributed by atoms with Crippen molar-refractivity contribution in [3.05, 3.63) is 29.8 Å². The molecule has 4 aliphatic rings. The van der Waals surface area contributed by atoms with Crippen molar-refractivity contribution in [2.75, 3.05) is 32.8 Å². The molecule has 2 heterocycles. The van der Waals surface area contributed by atoms with Gasteiger partial charge in [-0.25, -0.2) is 4.39 Å². The Labute approximate surface area is 197 Å². The van der Waals surface area contributed by atoms with Crippen LogP contribution in [0.2, 0.25) is 0 Å². The number of hydrogen-bond acceptors (Lipinski definition) is 4. The highest BCUT2D eigenvalue weighted by molar-refractivity contribution is 5.88. The Morgan fingerprint density at radius 1 is 1.15 bits per heavy atom. The molecule has 6 heteroatoms. The van der Waals surface area contributed by atoms with Crippen LogP contribution in [0.4, 0.5) is 4.39 Å². The molecule has 0 bridgehead atoms. The van der Waals surface area contributed by atoms with Crippen molar-refractivity contribution in [3.63, 3.8) is 0 Å². The van der Waals surface area contributed by atoms with Gasteiger partial charge in [0, 0.05) is 31.0 Å². The van der Waals surface area contributed by atoms with Crippen LogP contribution in [0, 0.1) is 5.41 Å². The van der Waals surface area contributed by atoms with Crippen molar-refractivity contribution in [1.82, 2.24) is 9.80 Å². The van der Waals surface area contributed by atoms with Gasteiger partial charge in [0.1, 0.15) is 5.75 Å². The first-order chi connectivity index (χ1) is 15.7. The van der Waals surface area contributed by atoms with E-state index in [9.17, 15) is 14.3 Å². The van der Waals surface area contributed by atoms with Crippen LogP contribution in [0.1, 0.15) is 76.7 Å². The summed E-state index contributed by atoms with van der Waals surface area (Å²) in [6.07, 6.45) is 7.22. The van der Waals surface area contributed by atoms with Gasteiger partial charge >= 0.3 is 0 Å².